The highest BCUT2D eigenvalue weighted by molar-refractivity contribution is 5.94. The highest BCUT2D eigenvalue weighted by atomic mass is 16.6. The Labute approximate surface area is 171 Å². The van der Waals surface area contributed by atoms with Gasteiger partial charge in [-0.25, -0.2) is 4.79 Å². The molecule has 0 aliphatic carbocycles. The predicted molar refractivity (Wildman–Crippen MR) is 108 cm³/mol. The molecule has 3 N–H and O–H groups in total. The maximum atomic E-state index is 13.0. The minimum Gasteiger partial charge on any atom is -0.460 e. The van der Waals surface area contributed by atoms with E-state index in [2.05, 4.69) is 5.32 Å². The Bertz CT molecular complexity index is 706. The molecule has 8 nitrogen and oxygen atoms in total. The lowest BCUT2D eigenvalue weighted by Gasteiger charge is -2.26. The van der Waals surface area contributed by atoms with E-state index in [1.165, 1.54) is 0 Å². The molecule has 2 rings (SSSR count). The topological polar surface area (TPSA) is 111 Å². The molecule has 1 aromatic carbocycles. The Kier molecular flexibility index (Phi) is 8.01. The van der Waals surface area contributed by atoms with E-state index in [9.17, 15) is 14.4 Å². The molecule has 1 aromatic rings. The van der Waals surface area contributed by atoms with E-state index in [0.29, 0.717) is 25.3 Å². The molecular weight excluding hydrogens is 374 g/mol. The molecule has 160 valence electrons. The Morgan fingerprint density at radius 2 is 1.93 bits per heavy atom. The standard InChI is InChI=1S/C21H31N3O5/c1-21(2,3)29-18(25)10-11-24(14-17-5-4-12-28-17)19(26)16-8-6-15(7-9-16)13-23-20(22)27/h6-9,17H,4-5,10-14H2,1-3H3,(H3,22,23,27)/t17-/m1/s1. The van der Waals surface area contributed by atoms with Gasteiger partial charge in [-0.1, -0.05) is 12.1 Å². The molecule has 0 spiro atoms. The summed E-state index contributed by atoms with van der Waals surface area (Å²) in [6, 6.07) is 6.34. The maximum Gasteiger partial charge on any atom is 0.312 e. The fraction of sp³-hybridized carbons (Fsp3) is 0.571. The van der Waals surface area contributed by atoms with Crippen molar-refractivity contribution >= 4 is 17.9 Å². The average Bonchev–Trinajstić information content (AvgIpc) is 3.15. The van der Waals surface area contributed by atoms with Crippen LogP contribution >= 0.6 is 0 Å². The quantitative estimate of drug-likeness (QED) is 0.644. The molecule has 1 heterocycles. The number of esters is 1. The molecule has 0 bridgehead atoms. The van der Waals surface area contributed by atoms with Crippen LogP contribution in [-0.2, 0) is 20.8 Å². The van der Waals surface area contributed by atoms with Crippen LogP contribution in [0.15, 0.2) is 24.3 Å². The van der Waals surface area contributed by atoms with Crippen LogP contribution in [-0.4, -0.2) is 54.2 Å². The summed E-state index contributed by atoms with van der Waals surface area (Å²) in [6.07, 6.45) is 1.97. The van der Waals surface area contributed by atoms with Crippen molar-refractivity contribution in [3.8, 4) is 0 Å². The highest BCUT2D eigenvalue weighted by Gasteiger charge is 2.25. The van der Waals surface area contributed by atoms with Crippen molar-refractivity contribution in [2.24, 2.45) is 5.73 Å². The first kappa shape index (κ1) is 22.7. The second-order valence-electron chi connectivity index (χ2n) is 8.14. The van der Waals surface area contributed by atoms with Crippen LogP contribution in [0.2, 0.25) is 0 Å². The van der Waals surface area contributed by atoms with Gasteiger partial charge in [0.25, 0.3) is 5.91 Å². The van der Waals surface area contributed by atoms with Gasteiger partial charge in [-0.2, -0.15) is 0 Å². The molecule has 0 unspecified atom stereocenters. The summed E-state index contributed by atoms with van der Waals surface area (Å²) in [7, 11) is 0. The molecule has 0 aromatic heterocycles. The zero-order valence-electron chi connectivity index (χ0n) is 17.4. The van der Waals surface area contributed by atoms with Gasteiger partial charge in [-0.15, -0.1) is 0 Å². The summed E-state index contributed by atoms with van der Waals surface area (Å²) < 4.78 is 11.0. The number of ether oxygens (including phenoxy) is 2. The molecule has 1 saturated heterocycles. The number of primary amides is 1. The Morgan fingerprint density at radius 1 is 1.24 bits per heavy atom. The van der Waals surface area contributed by atoms with Gasteiger partial charge in [0.15, 0.2) is 0 Å². The first-order valence-electron chi connectivity index (χ1n) is 9.89. The van der Waals surface area contributed by atoms with Gasteiger partial charge in [-0.3, -0.25) is 9.59 Å². The second-order valence-corrected chi connectivity index (χ2v) is 8.14. The van der Waals surface area contributed by atoms with Gasteiger partial charge in [0.1, 0.15) is 5.60 Å². The van der Waals surface area contributed by atoms with E-state index in [-0.39, 0.29) is 30.9 Å². The van der Waals surface area contributed by atoms with Crippen LogP contribution in [0.25, 0.3) is 0 Å². The number of nitrogens with one attached hydrogen (secondary N) is 1. The number of benzene rings is 1. The summed E-state index contributed by atoms with van der Waals surface area (Å²) in [6.45, 7) is 7.13. The van der Waals surface area contributed by atoms with Gasteiger partial charge < -0.3 is 25.4 Å². The Hall–Kier alpha value is -2.61. The molecule has 0 saturated carbocycles. The van der Waals surface area contributed by atoms with Crippen LogP contribution in [0.3, 0.4) is 0 Å². The third-order valence-electron chi connectivity index (χ3n) is 4.41. The van der Waals surface area contributed by atoms with Crippen molar-refractivity contribution in [1.29, 1.82) is 0 Å². The van der Waals surface area contributed by atoms with E-state index >= 15 is 0 Å². The molecule has 3 amide bonds. The first-order chi connectivity index (χ1) is 13.6. The molecular formula is C21H31N3O5. The number of hydrogen-bond acceptors (Lipinski definition) is 5. The summed E-state index contributed by atoms with van der Waals surface area (Å²) in [5, 5.41) is 2.51. The van der Waals surface area contributed by atoms with Crippen LogP contribution in [0.4, 0.5) is 4.79 Å². The Morgan fingerprint density at radius 3 is 2.48 bits per heavy atom. The number of hydrogen-bond donors (Lipinski definition) is 2. The number of urea groups is 1. The fourth-order valence-electron chi connectivity index (χ4n) is 3.07. The number of amides is 3. The van der Waals surface area contributed by atoms with Gasteiger partial charge in [0, 0.05) is 31.8 Å². The van der Waals surface area contributed by atoms with Gasteiger partial charge in [0.2, 0.25) is 0 Å². The monoisotopic (exact) mass is 405 g/mol. The average molecular weight is 405 g/mol. The van der Waals surface area contributed by atoms with E-state index in [1.807, 2.05) is 20.8 Å². The summed E-state index contributed by atoms with van der Waals surface area (Å²) in [5.74, 6) is -0.506. The number of nitrogens with zero attached hydrogens (tertiary/aromatic N) is 1. The van der Waals surface area contributed by atoms with Crippen LogP contribution in [0.1, 0.15) is 56.0 Å². The van der Waals surface area contributed by atoms with Crippen molar-refractivity contribution in [3.63, 3.8) is 0 Å². The zero-order valence-corrected chi connectivity index (χ0v) is 17.4. The molecule has 1 aliphatic rings. The van der Waals surface area contributed by atoms with Gasteiger partial charge in [0.05, 0.1) is 12.5 Å². The number of rotatable bonds is 8. The molecule has 1 fully saturated rings. The molecule has 8 heteroatoms. The van der Waals surface area contributed by atoms with Crippen molar-refractivity contribution < 1.29 is 23.9 Å². The minimum absolute atomic E-state index is 0.0170. The van der Waals surface area contributed by atoms with Crippen molar-refractivity contribution in [3.05, 3.63) is 35.4 Å². The SMILES string of the molecule is CC(C)(C)OC(=O)CCN(C[C@H]1CCCO1)C(=O)c1ccc(CNC(N)=O)cc1. The molecule has 29 heavy (non-hydrogen) atoms. The third kappa shape index (κ3) is 8.11. The molecule has 0 radical (unpaired) electrons. The van der Waals surface area contributed by atoms with Gasteiger partial charge in [-0.05, 0) is 51.3 Å². The molecule has 1 atom stereocenters. The third-order valence-corrected chi connectivity index (χ3v) is 4.41. The van der Waals surface area contributed by atoms with E-state index < -0.39 is 11.6 Å². The fourth-order valence-corrected chi connectivity index (χ4v) is 3.07. The normalized spacial score (nSPS) is 16.3. The second kappa shape index (κ2) is 10.2. The van der Waals surface area contributed by atoms with Gasteiger partial charge >= 0.3 is 12.0 Å². The summed E-state index contributed by atoms with van der Waals surface area (Å²) in [4.78, 5) is 37.6. The lowest BCUT2D eigenvalue weighted by molar-refractivity contribution is -0.155. The maximum absolute atomic E-state index is 13.0. The van der Waals surface area contributed by atoms with E-state index in [1.54, 1.807) is 29.2 Å². The number of nitrogens with two attached hydrogens (primary N) is 1. The largest absolute Gasteiger partial charge is 0.460 e. The van der Waals surface area contributed by atoms with Crippen LogP contribution in [0.5, 0.6) is 0 Å². The summed E-state index contributed by atoms with van der Waals surface area (Å²) in [5.41, 5.74) is 5.85. The van der Waals surface area contributed by atoms with Crippen molar-refractivity contribution in [1.82, 2.24) is 10.2 Å². The van der Waals surface area contributed by atoms with Crippen LogP contribution < -0.4 is 11.1 Å². The lowest BCUT2D eigenvalue weighted by Crippen LogP contribution is -2.39. The smallest absolute Gasteiger partial charge is 0.312 e. The van der Waals surface area contributed by atoms with E-state index in [0.717, 1.165) is 18.4 Å². The lowest BCUT2D eigenvalue weighted by atomic mass is 10.1. The van der Waals surface area contributed by atoms with Crippen molar-refractivity contribution in [2.75, 3.05) is 19.7 Å². The minimum atomic E-state index is -0.602. The van der Waals surface area contributed by atoms with Crippen LogP contribution in [0, 0.1) is 0 Å². The van der Waals surface area contributed by atoms with Crippen molar-refractivity contribution in [2.45, 2.75) is 58.3 Å². The predicted octanol–water partition coefficient (Wildman–Crippen LogP) is 2.21. The summed E-state index contributed by atoms with van der Waals surface area (Å²) >= 11 is 0. The zero-order chi connectivity index (χ0) is 21.4. The highest BCUT2D eigenvalue weighted by Crippen LogP contribution is 2.17. The van der Waals surface area contributed by atoms with E-state index in [4.69, 9.17) is 15.2 Å². The first-order valence-corrected chi connectivity index (χ1v) is 9.89. The molecule has 1 aliphatic heterocycles. The number of carbonyl (C=O) groups excluding carboxylic acids is 3. The Balaban J connectivity index is 2.03. The number of carbonyl (C=O) groups is 3.